The van der Waals surface area contributed by atoms with Gasteiger partial charge in [0, 0.05) is 18.2 Å². The van der Waals surface area contributed by atoms with Gasteiger partial charge in [0.05, 0.1) is 6.61 Å². The molecule has 0 saturated carbocycles. The topological polar surface area (TPSA) is 84.3 Å². The molecular formula is C10H13FN2O4. The fourth-order valence-electron chi connectivity index (χ4n) is 1.82. The second kappa shape index (κ2) is 4.42. The molecule has 0 aromatic carbocycles. The molecule has 0 radical (unpaired) electrons. The lowest BCUT2D eigenvalue weighted by molar-refractivity contribution is -0.0356. The molecule has 6 nitrogen and oxygen atoms in total. The van der Waals surface area contributed by atoms with E-state index in [0.717, 1.165) is 4.57 Å². The average Bonchev–Trinajstić information content (AvgIpc) is 2.65. The number of nitrogens with zero attached hydrogens (tertiary/aromatic N) is 1. The van der Waals surface area contributed by atoms with Crippen LogP contribution in [0, 0.1) is 6.92 Å². The van der Waals surface area contributed by atoms with E-state index in [1.807, 2.05) is 0 Å². The van der Waals surface area contributed by atoms with Gasteiger partial charge in [0.2, 0.25) is 0 Å². The Labute approximate surface area is 95.7 Å². The Morgan fingerprint density at radius 1 is 1.65 bits per heavy atom. The number of aryl methyl sites for hydroxylation is 1. The molecule has 2 N–H and O–H groups in total. The van der Waals surface area contributed by atoms with E-state index in [4.69, 9.17) is 9.84 Å². The van der Waals surface area contributed by atoms with Crippen molar-refractivity contribution in [2.24, 2.45) is 0 Å². The van der Waals surface area contributed by atoms with Gasteiger partial charge in [0.15, 0.2) is 0 Å². The van der Waals surface area contributed by atoms with Crippen LogP contribution in [0.1, 0.15) is 18.2 Å². The molecule has 1 aromatic heterocycles. The van der Waals surface area contributed by atoms with Gasteiger partial charge in [0.25, 0.3) is 5.56 Å². The van der Waals surface area contributed by atoms with Gasteiger partial charge in [-0.1, -0.05) is 0 Å². The molecule has 17 heavy (non-hydrogen) atoms. The highest BCUT2D eigenvalue weighted by Gasteiger charge is 2.36. The van der Waals surface area contributed by atoms with Crippen molar-refractivity contribution in [3.05, 3.63) is 32.6 Å². The lowest BCUT2D eigenvalue weighted by Gasteiger charge is -2.14. The summed E-state index contributed by atoms with van der Waals surface area (Å²) in [6.45, 7) is 1.11. The van der Waals surface area contributed by atoms with Crippen LogP contribution in [0.15, 0.2) is 15.8 Å². The third kappa shape index (κ3) is 2.16. The molecule has 1 fully saturated rings. The molecule has 2 unspecified atom stereocenters. The SMILES string of the molecule is Cc1cn(C2C[C@H]([18F])C(CO)O2)c(=O)[nH]c1=O. The molecule has 1 aliphatic heterocycles. The van der Waals surface area contributed by atoms with Gasteiger partial charge in [-0.15, -0.1) is 0 Å². The summed E-state index contributed by atoms with van der Waals surface area (Å²) < 4.78 is 19.7. The van der Waals surface area contributed by atoms with Crippen LogP contribution in [0.25, 0.3) is 0 Å². The minimum absolute atomic E-state index is 0.0172. The highest BCUT2D eigenvalue weighted by atomic mass is 18.2. The molecule has 0 amide bonds. The van der Waals surface area contributed by atoms with Crippen LogP contribution in [-0.2, 0) is 4.74 Å². The van der Waals surface area contributed by atoms with E-state index in [0.29, 0.717) is 5.56 Å². The van der Waals surface area contributed by atoms with Gasteiger partial charge in [0.1, 0.15) is 18.5 Å². The summed E-state index contributed by atoms with van der Waals surface area (Å²) in [5.74, 6) is 0. The zero-order valence-corrected chi connectivity index (χ0v) is 9.22. The van der Waals surface area contributed by atoms with Gasteiger partial charge in [-0.3, -0.25) is 14.3 Å². The molecule has 0 spiro atoms. The number of rotatable bonds is 2. The van der Waals surface area contributed by atoms with E-state index in [9.17, 15) is 14.0 Å². The third-order valence-electron chi connectivity index (χ3n) is 2.80. The first-order valence-electron chi connectivity index (χ1n) is 5.25. The molecule has 1 aliphatic rings. The second-order valence-electron chi connectivity index (χ2n) is 4.04. The zero-order chi connectivity index (χ0) is 12.6. The molecule has 1 aromatic rings. The molecular weight excluding hydrogens is 230 g/mol. The standard InChI is InChI=1S/C10H13FN2O4/c1-5-3-13(10(16)12-9(5)15)8-2-6(11)7(4-14)17-8/h3,6-8,14H,2,4H2,1H3,(H,12,15,16)/t6-,7?,8?/m0/s1/i11-1. The number of ether oxygens (including phenoxy) is 1. The maximum absolute atomic E-state index is 13.4. The smallest absolute Gasteiger partial charge is 0.330 e. The van der Waals surface area contributed by atoms with Crippen molar-refractivity contribution in [2.75, 3.05) is 6.61 Å². The maximum atomic E-state index is 13.4. The molecule has 0 bridgehead atoms. The largest absolute Gasteiger partial charge is 0.394 e. The summed E-state index contributed by atoms with van der Waals surface area (Å²) in [4.78, 5) is 24.8. The van der Waals surface area contributed by atoms with Crippen molar-refractivity contribution in [3.63, 3.8) is 0 Å². The number of alkyl halides is 1. The van der Waals surface area contributed by atoms with E-state index in [2.05, 4.69) is 4.98 Å². The highest BCUT2D eigenvalue weighted by molar-refractivity contribution is 5.02. The fourth-order valence-corrected chi connectivity index (χ4v) is 1.82. The summed E-state index contributed by atoms with van der Waals surface area (Å²) in [5, 5.41) is 8.86. The van der Waals surface area contributed by atoms with Gasteiger partial charge < -0.3 is 9.84 Å². The van der Waals surface area contributed by atoms with Gasteiger partial charge in [-0.2, -0.15) is 0 Å². The Morgan fingerprint density at radius 3 is 2.94 bits per heavy atom. The number of aromatic nitrogens is 2. The predicted molar refractivity (Wildman–Crippen MR) is 56.6 cm³/mol. The van der Waals surface area contributed by atoms with Gasteiger partial charge in [-0.25, -0.2) is 9.18 Å². The Balaban J connectivity index is 2.34. The van der Waals surface area contributed by atoms with Crippen molar-refractivity contribution in [2.45, 2.75) is 31.8 Å². The van der Waals surface area contributed by atoms with Gasteiger partial charge >= 0.3 is 5.69 Å². The first kappa shape index (κ1) is 12.0. The van der Waals surface area contributed by atoms with Crippen LogP contribution in [0.3, 0.4) is 0 Å². The number of aliphatic hydroxyl groups is 1. The highest BCUT2D eigenvalue weighted by Crippen LogP contribution is 2.29. The molecule has 2 rings (SSSR count). The Kier molecular flexibility index (Phi) is 3.12. The van der Waals surface area contributed by atoms with E-state index in [1.165, 1.54) is 6.20 Å². The van der Waals surface area contributed by atoms with Crippen molar-refractivity contribution in [1.29, 1.82) is 0 Å². The number of aromatic amines is 1. The van der Waals surface area contributed by atoms with Crippen molar-refractivity contribution >= 4 is 0 Å². The molecule has 2 heterocycles. The number of nitrogens with one attached hydrogen (secondary N) is 1. The minimum Gasteiger partial charge on any atom is -0.394 e. The Morgan fingerprint density at radius 2 is 2.35 bits per heavy atom. The quantitative estimate of drug-likeness (QED) is 0.730. The zero-order valence-electron chi connectivity index (χ0n) is 9.22. The third-order valence-corrected chi connectivity index (χ3v) is 2.80. The van der Waals surface area contributed by atoms with Crippen molar-refractivity contribution in [3.8, 4) is 0 Å². The monoisotopic (exact) mass is 243 g/mol. The first-order chi connectivity index (χ1) is 8.02. The van der Waals surface area contributed by atoms with E-state index < -0.39 is 36.4 Å². The summed E-state index contributed by atoms with van der Waals surface area (Å²) in [6, 6.07) is 0. The van der Waals surface area contributed by atoms with E-state index in [1.54, 1.807) is 6.92 Å². The summed E-state index contributed by atoms with van der Waals surface area (Å²) in [7, 11) is 0. The van der Waals surface area contributed by atoms with E-state index in [-0.39, 0.29) is 6.42 Å². The molecule has 1 saturated heterocycles. The summed E-state index contributed by atoms with van der Waals surface area (Å²) >= 11 is 0. The number of hydrogen-bond donors (Lipinski definition) is 2. The molecule has 94 valence electrons. The van der Waals surface area contributed by atoms with Crippen molar-refractivity contribution in [1.82, 2.24) is 9.55 Å². The molecule has 7 heteroatoms. The normalized spacial score (nSPS) is 28.5. The number of hydrogen-bond acceptors (Lipinski definition) is 4. The lowest BCUT2D eigenvalue weighted by atomic mass is 10.2. The van der Waals surface area contributed by atoms with Crippen LogP contribution < -0.4 is 11.2 Å². The van der Waals surface area contributed by atoms with Crippen molar-refractivity contribution < 1.29 is 14.2 Å². The Bertz CT molecular complexity index is 524. The molecule has 0 aliphatic carbocycles. The molecule has 3 atom stereocenters. The van der Waals surface area contributed by atoms with Gasteiger partial charge in [-0.05, 0) is 6.92 Å². The van der Waals surface area contributed by atoms with Crippen LogP contribution in [-0.4, -0.2) is 33.5 Å². The lowest BCUT2D eigenvalue weighted by Crippen LogP contribution is -2.33. The Hall–Kier alpha value is -1.47. The first-order valence-corrected chi connectivity index (χ1v) is 5.25. The number of aliphatic hydroxyl groups excluding tert-OH is 1. The minimum atomic E-state index is -1.32. The van der Waals surface area contributed by atoms with Crippen LogP contribution in [0.2, 0.25) is 0 Å². The summed E-state index contributed by atoms with van der Waals surface area (Å²) in [6.07, 6.45) is -1.71. The summed E-state index contributed by atoms with van der Waals surface area (Å²) in [5.41, 5.74) is -0.771. The number of halogens is 1. The predicted octanol–water partition coefficient (Wildman–Crippen LogP) is -0.537. The van der Waals surface area contributed by atoms with Crippen LogP contribution in [0.4, 0.5) is 4.39 Å². The average molecular weight is 243 g/mol. The maximum Gasteiger partial charge on any atom is 0.330 e. The number of H-pyrrole nitrogens is 1. The van der Waals surface area contributed by atoms with Crippen LogP contribution in [0.5, 0.6) is 0 Å². The fraction of sp³-hybridized carbons (Fsp3) is 0.600. The second-order valence-corrected chi connectivity index (χ2v) is 4.04. The van der Waals surface area contributed by atoms with Crippen LogP contribution >= 0.6 is 0 Å². The van der Waals surface area contributed by atoms with E-state index >= 15 is 0 Å².